The molecule has 0 aliphatic carbocycles. The number of para-hydroxylation sites is 1. The van der Waals surface area contributed by atoms with Gasteiger partial charge in [0.05, 0.1) is 22.2 Å². The molecule has 0 atom stereocenters. The molecule has 1 saturated heterocycles. The number of benzene rings is 5. The van der Waals surface area contributed by atoms with Crippen LogP contribution >= 0.6 is 0 Å². The van der Waals surface area contributed by atoms with Gasteiger partial charge in [-0.25, -0.2) is 0 Å². The van der Waals surface area contributed by atoms with Crippen molar-refractivity contribution in [1.29, 1.82) is 0 Å². The second-order valence-corrected chi connectivity index (χ2v) is 12.5. The largest absolute Gasteiger partial charge is 0.494 e. The van der Waals surface area contributed by atoms with Crippen molar-refractivity contribution in [1.82, 2.24) is 4.57 Å². The first-order valence-corrected chi connectivity index (χ1v) is 14.8. The first-order chi connectivity index (χ1) is 20.2. The van der Waals surface area contributed by atoms with Crippen LogP contribution in [-0.4, -0.2) is 22.9 Å². The third-order valence-electron chi connectivity index (χ3n) is 9.26. The Morgan fingerprint density at radius 1 is 0.643 bits per heavy atom. The Labute approximate surface area is 248 Å². The fraction of sp³-hybridized carbons (Fsp3) is 0.211. The molecule has 2 heterocycles. The van der Waals surface area contributed by atoms with E-state index in [-0.39, 0.29) is 0 Å². The summed E-state index contributed by atoms with van der Waals surface area (Å²) in [7, 11) is -0.412. The number of fused-ring (bicyclic) bond motifs is 3. The van der Waals surface area contributed by atoms with Gasteiger partial charge in [-0.15, -0.1) is 0 Å². The second kappa shape index (κ2) is 10.0. The van der Waals surface area contributed by atoms with E-state index in [9.17, 15) is 0 Å². The highest BCUT2D eigenvalue weighted by molar-refractivity contribution is 6.62. The third kappa shape index (κ3) is 4.38. The van der Waals surface area contributed by atoms with Gasteiger partial charge in [0.15, 0.2) is 0 Å². The smallest absolute Gasteiger partial charge is 0.399 e. The van der Waals surface area contributed by atoms with Gasteiger partial charge in [0.25, 0.3) is 0 Å². The lowest BCUT2D eigenvalue weighted by Gasteiger charge is -2.32. The third-order valence-corrected chi connectivity index (χ3v) is 9.26. The van der Waals surface area contributed by atoms with Crippen molar-refractivity contribution in [2.45, 2.75) is 52.2 Å². The van der Waals surface area contributed by atoms with Crippen molar-refractivity contribution in [2.75, 3.05) is 0 Å². The van der Waals surface area contributed by atoms with E-state index >= 15 is 0 Å². The van der Waals surface area contributed by atoms with Crippen molar-refractivity contribution in [3.63, 3.8) is 0 Å². The van der Waals surface area contributed by atoms with Gasteiger partial charge in [-0.2, -0.15) is 0 Å². The average molecular weight is 550 g/mol. The van der Waals surface area contributed by atoms with E-state index in [0.29, 0.717) is 0 Å². The van der Waals surface area contributed by atoms with E-state index in [0.717, 1.165) is 17.6 Å². The standard InChI is InChI=1S/C38H36BNO2/c1-26-14-12-13-19-30(26)31-21-22-32-33-25-28(39-41-37(2,3)38(4,5)42-39)20-23-35(33)40(29-17-10-7-11-18-29)36(32)34(31)24-27-15-8-6-9-16-27/h6-23,25H,24H2,1-5H3. The Morgan fingerprint density at radius 2 is 1.29 bits per heavy atom. The Balaban J connectivity index is 1.54. The van der Waals surface area contributed by atoms with Crippen molar-refractivity contribution in [3.8, 4) is 16.8 Å². The van der Waals surface area contributed by atoms with Crippen LogP contribution in [0.15, 0.2) is 115 Å². The predicted octanol–water partition coefficient (Wildman–Crippen LogP) is 8.65. The zero-order chi connectivity index (χ0) is 29.1. The fourth-order valence-electron chi connectivity index (χ4n) is 6.27. The van der Waals surface area contributed by atoms with E-state index in [2.05, 4.69) is 154 Å². The topological polar surface area (TPSA) is 23.4 Å². The second-order valence-electron chi connectivity index (χ2n) is 12.5. The molecule has 0 amide bonds. The molecule has 0 bridgehead atoms. The molecule has 0 N–H and O–H groups in total. The number of rotatable bonds is 5. The molecule has 1 aromatic heterocycles. The van der Waals surface area contributed by atoms with Gasteiger partial charge in [0, 0.05) is 22.9 Å². The van der Waals surface area contributed by atoms with Crippen LogP contribution in [0.2, 0.25) is 0 Å². The summed E-state index contributed by atoms with van der Waals surface area (Å²) in [5, 5.41) is 2.43. The maximum absolute atomic E-state index is 6.47. The quantitative estimate of drug-likeness (QED) is 0.201. The van der Waals surface area contributed by atoms with Crippen LogP contribution in [0.25, 0.3) is 38.6 Å². The molecule has 42 heavy (non-hydrogen) atoms. The normalized spacial score (nSPS) is 16.0. The lowest BCUT2D eigenvalue weighted by Crippen LogP contribution is -2.41. The molecule has 6 aromatic rings. The predicted molar refractivity (Wildman–Crippen MR) is 176 cm³/mol. The molecular weight excluding hydrogens is 513 g/mol. The number of hydrogen-bond donors (Lipinski definition) is 0. The molecule has 3 nitrogen and oxygen atoms in total. The van der Waals surface area contributed by atoms with Gasteiger partial charge in [-0.1, -0.05) is 97.1 Å². The summed E-state index contributed by atoms with van der Waals surface area (Å²) in [5.74, 6) is 0. The molecule has 208 valence electrons. The van der Waals surface area contributed by atoms with Crippen molar-refractivity contribution in [3.05, 3.63) is 132 Å². The van der Waals surface area contributed by atoms with Gasteiger partial charge in [-0.3, -0.25) is 0 Å². The Morgan fingerprint density at radius 3 is 1.98 bits per heavy atom. The van der Waals surface area contributed by atoms with E-state index in [1.807, 2.05) is 0 Å². The Bertz CT molecular complexity index is 1910. The first kappa shape index (κ1) is 26.8. The molecule has 4 heteroatoms. The lowest BCUT2D eigenvalue weighted by molar-refractivity contribution is 0.00578. The highest BCUT2D eigenvalue weighted by Gasteiger charge is 2.51. The van der Waals surface area contributed by atoms with Gasteiger partial charge in [-0.05, 0) is 86.1 Å². The molecule has 0 unspecified atom stereocenters. The van der Waals surface area contributed by atoms with E-state index in [1.54, 1.807) is 0 Å². The number of aromatic nitrogens is 1. The maximum atomic E-state index is 6.47. The molecule has 5 aromatic carbocycles. The van der Waals surface area contributed by atoms with E-state index in [1.165, 1.54) is 49.6 Å². The summed E-state index contributed by atoms with van der Waals surface area (Å²) in [6, 6.07) is 41.5. The molecule has 0 radical (unpaired) electrons. The summed E-state index contributed by atoms with van der Waals surface area (Å²) < 4.78 is 15.4. The van der Waals surface area contributed by atoms with Gasteiger partial charge < -0.3 is 13.9 Å². The average Bonchev–Trinajstić information content (AvgIpc) is 3.43. The van der Waals surface area contributed by atoms with Crippen LogP contribution in [0.4, 0.5) is 0 Å². The SMILES string of the molecule is Cc1ccccc1-c1ccc2c3cc(B4OC(C)(C)C(C)(C)O4)ccc3n(-c3ccccc3)c2c1Cc1ccccc1. The van der Waals surface area contributed by atoms with Gasteiger partial charge in [0.1, 0.15) is 0 Å². The van der Waals surface area contributed by atoms with Crippen LogP contribution in [0.1, 0.15) is 44.4 Å². The summed E-state index contributed by atoms with van der Waals surface area (Å²) in [5.41, 5.74) is 10.3. The van der Waals surface area contributed by atoms with Crippen LogP contribution < -0.4 is 5.46 Å². The lowest BCUT2D eigenvalue weighted by atomic mass is 9.78. The Kier molecular flexibility index (Phi) is 6.38. The molecular formula is C38H36BNO2. The van der Waals surface area contributed by atoms with Crippen LogP contribution in [-0.2, 0) is 15.7 Å². The van der Waals surface area contributed by atoms with Crippen LogP contribution in [0.3, 0.4) is 0 Å². The minimum absolute atomic E-state index is 0.393. The van der Waals surface area contributed by atoms with Gasteiger partial charge in [0.2, 0.25) is 0 Å². The minimum Gasteiger partial charge on any atom is -0.399 e. The Hall–Kier alpha value is -4.12. The maximum Gasteiger partial charge on any atom is 0.494 e. The monoisotopic (exact) mass is 549 g/mol. The van der Waals surface area contributed by atoms with Gasteiger partial charge >= 0.3 is 7.12 Å². The number of aryl methyl sites for hydroxylation is 1. The summed E-state index contributed by atoms with van der Waals surface area (Å²) in [6.07, 6.45) is 0.828. The summed E-state index contributed by atoms with van der Waals surface area (Å²) >= 11 is 0. The molecule has 0 saturated carbocycles. The highest BCUT2D eigenvalue weighted by atomic mass is 16.7. The highest BCUT2D eigenvalue weighted by Crippen LogP contribution is 2.41. The van der Waals surface area contributed by atoms with Crippen molar-refractivity contribution >= 4 is 34.4 Å². The van der Waals surface area contributed by atoms with Crippen molar-refractivity contribution < 1.29 is 9.31 Å². The summed E-state index contributed by atoms with van der Waals surface area (Å²) in [6.45, 7) is 10.6. The zero-order valence-corrected chi connectivity index (χ0v) is 25.0. The number of nitrogens with zero attached hydrogens (tertiary/aromatic N) is 1. The molecule has 1 aliphatic heterocycles. The van der Waals surface area contributed by atoms with Crippen LogP contribution in [0.5, 0.6) is 0 Å². The van der Waals surface area contributed by atoms with Crippen molar-refractivity contribution in [2.24, 2.45) is 0 Å². The molecule has 1 fully saturated rings. The zero-order valence-electron chi connectivity index (χ0n) is 25.0. The minimum atomic E-state index is -0.412. The molecule has 1 aliphatic rings. The fourth-order valence-corrected chi connectivity index (χ4v) is 6.27. The molecule has 0 spiro atoms. The summed E-state index contributed by atoms with van der Waals surface area (Å²) in [4.78, 5) is 0. The molecule has 7 rings (SSSR count). The van der Waals surface area contributed by atoms with Crippen LogP contribution in [0, 0.1) is 6.92 Å². The van der Waals surface area contributed by atoms with E-state index < -0.39 is 18.3 Å². The number of hydrogen-bond acceptors (Lipinski definition) is 2. The first-order valence-electron chi connectivity index (χ1n) is 14.8. The van der Waals surface area contributed by atoms with E-state index in [4.69, 9.17) is 9.31 Å².